The predicted octanol–water partition coefficient (Wildman–Crippen LogP) is 2.01. The number of hydrogen-bond acceptors (Lipinski definition) is 8. The van der Waals surface area contributed by atoms with Gasteiger partial charge in [0.05, 0.1) is 28.0 Å². The van der Waals surface area contributed by atoms with Crippen LogP contribution in [-0.4, -0.2) is 44.4 Å². The van der Waals surface area contributed by atoms with Crippen molar-refractivity contribution in [2.24, 2.45) is 15.9 Å². The van der Waals surface area contributed by atoms with Gasteiger partial charge < -0.3 is 10.8 Å². The number of benzene rings is 2. The van der Waals surface area contributed by atoms with E-state index in [4.69, 9.17) is 10.8 Å². The fourth-order valence-corrected chi connectivity index (χ4v) is 3.64. The molecule has 0 radical (unpaired) electrons. The molecular formula is C19H15N5O6S. The molecule has 0 spiro atoms. The minimum Gasteiger partial charge on any atom is -0.478 e. The SMILES string of the molecule is NC(=N/N=C\c1ccccc1[N+](=O)[O-])S[C@@H]1CC(=O)N(c2cccc(C(=O)O)c2)C1=O. The van der Waals surface area contributed by atoms with E-state index in [2.05, 4.69) is 10.2 Å². The number of thioether (sulfide) groups is 1. The summed E-state index contributed by atoms with van der Waals surface area (Å²) in [4.78, 5) is 47.5. The summed E-state index contributed by atoms with van der Waals surface area (Å²) in [5.74, 6) is -2.24. The van der Waals surface area contributed by atoms with Crippen LogP contribution in [0.4, 0.5) is 11.4 Å². The summed E-state index contributed by atoms with van der Waals surface area (Å²) in [7, 11) is 0. The van der Waals surface area contributed by atoms with Crippen LogP contribution in [0.5, 0.6) is 0 Å². The minimum atomic E-state index is -1.18. The van der Waals surface area contributed by atoms with Crippen LogP contribution in [0.1, 0.15) is 22.3 Å². The summed E-state index contributed by atoms with van der Waals surface area (Å²) in [6.45, 7) is 0. The third kappa shape index (κ3) is 4.93. The average molecular weight is 441 g/mol. The number of rotatable bonds is 6. The first-order chi connectivity index (χ1) is 14.8. The third-order valence-corrected chi connectivity index (χ3v) is 5.18. The van der Waals surface area contributed by atoms with Gasteiger partial charge in [-0.25, -0.2) is 9.69 Å². The Labute approximate surface area is 179 Å². The van der Waals surface area contributed by atoms with E-state index in [1.54, 1.807) is 6.07 Å². The van der Waals surface area contributed by atoms with E-state index < -0.39 is 28.0 Å². The van der Waals surface area contributed by atoms with E-state index in [9.17, 15) is 24.5 Å². The lowest BCUT2D eigenvalue weighted by Gasteiger charge is -2.15. The first-order valence-corrected chi connectivity index (χ1v) is 9.62. The lowest BCUT2D eigenvalue weighted by Crippen LogP contribution is -2.32. The van der Waals surface area contributed by atoms with Crippen LogP contribution in [0.2, 0.25) is 0 Å². The zero-order valence-corrected chi connectivity index (χ0v) is 16.6. The number of nitro groups is 1. The number of carbonyl (C=O) groups excluding carboxylic acids is 2. The molecule has 1 fully saturated rings. The van der Waals surface area contributed by atoms with Crippen molar-refractivity contribution in [3.8, 4) is 0 Å². The molecule has 1 aliphatic heterocycles. The Kier molecular flexibility index (Phi) is 6.40. The van der Waals surface area contributed by atoms with Gasteiger partial charge in [0.1, 0.15) is 5.25 Å². The van der Waals surface area contributed by atoms with E-state index in [1.165, 1.54) is 42.5 Å². The molecule has 0 aromatic heterocycles. The Bertz CT molecular complexity index is 1130. The molecular weight excluding hydrogens is 426 g/mol. The first kappa shape index (κ1) is 21.6. The lowest BCUT2D eigenvalue weighted by molar-refractivity contribution is -0.385. The van der Waals surface area contributed by atoms with Gasteiger partial charge in [0, 0.05) is 12.5 Å². The standard InChI is InChI=1S/C19H15N5O6S/c20-19(22-21-10-12-4-1-2-7-14(12)24(29)30)31-15-9-16(25)23(17(15)26)13-6-3-5-11(8-13)18(27)28/h1-8,10,15H,9H2,(H2,20,22)(H,27,28)/b21-10-/t15-/m1/s1. The van der Waals surface area contributed by atoms with Crippen LogP contribution in [0.25, 0.3) is 0 Å². The summed E-state index contributed by atoms with van der Waals surface area (Å²) in [5, 5.41) is 26.6. The topological polar surface area (TPSA) is 169 Å². The fourth-order valence-electron chi connectivity index (χ4n) is 2.83. The van der Waals surface area contributed by atoms with Crippen molar-refractivity contribution in [1.29, 1.82) is 0 Å². The van der Waals surface area contributed by atoms with E-state index in [1.807, 2.05) is 0 Å². The van der Waals surface area contributed by atoms with Crippen LogP contribution in [0.15, 0.2) is 58.7 Å². The molecule has 1 aliphatic rings. The largest absolute Gasteiger partial charge is 0.478 e. The second-order valence-corrected chi connectivity index (χ2v) is 7.46. The molecule has 1 heterocycles. The van der Waals surface area contributed by atoms with Gasteiger partial charge in [0.15, 0.2) is 5.17 Å². The molecule has 0 bridgehead atoms. The highest BCUT2D eigenvalue weighted by Crippen LogP contribution is 2.30. The maximum absolute atomic E-state index is 12.7. The predicted molar refractivity (Wildman–Crippen MR) is 114 cm³/mol. The normalized spacial score (nSPS) is 16.8. The Morgan fingerprint density at radius 2 is 2.00 bits per heavy atom. The fraction of sp³-hybridized carbons (Fsp3) is 0.105. The highest BCUT2D eigenvalue weighted by molar-refractivity contribution is 8.14. The van der Waals surface area contributed by atoms with Crippen LogP contribution >= 0.6 is 11.8 Å². The molecule has 31 heavy (non-hydrogen) atoms. The lowest BCUT2D eigenvalue weighted by atomic mass is 10.2. The van der Waals surface area contributed by atoms with E-state index in [0.29, 0.717) is 0 Å². The number of nitrogens with two attached hydrogens (primary N) is 1. The van der Waals surface area contributed by atoms with Gasteiger partial charge in [-0.3, -0.25) is 19.7 Å². The van der Waals surface area contributed by atoms with Gasteiger partial charge >= 0.3 is 5.97 Å². The van der Waals surface area contributed by atoms with Crippen LogP contribution < -0.4 is 10.6 Å². The first-order valence-electron chi connectivity index (χ1n) is 8.74. The van der Waals surface area contributed by atoms with Gasteiger partial charge in [0.2, 0.25) is 11.8 Å². The quantitative estimate of drug-likeness (QED) is 0.225. The molecule has 1 saturated heterocycles. The maximum atomic E-state index is 12.7. The molecule has 12 heteroatoms. The number of hydrogen-bond donors (Lipinski definition) is 2. The average Bonchev–Trinajstić information content (AvgIpc) is 3.01. The molecule has 0 saturated carbocycles. The highest BCUT2D eigenvalue weighted by atomic mass is 32.2. The van der Waals surface area contributed by atoms with Crippen molar-refractivity contribution in [2.45, 2.75) is 11.7 Å². The number of amidine groups is 1. The summed E-state index contributed by atoms with van der Waals surface area (Å²) in [6, 6.07) is 11.4. The molecule has 3 rings (SSSR count). The Balaban J connectivity index is 1.71. The summed E-state index contributed by atoms with van der Waals surface area (Å²) >= 11 is 0.825. The highest BCUT2D eigenvalue weighted by Gasteiger charge is 2.40. The number of nitro benzene ring substituents is 1. The van der Waals surface area contributed by atoms with Crippen molar-refractivity contribution in [3.63, 3.8) is 0 Å². The summed E-state index contributed by atoms with van der Waals surface area (Å²) in [6.07, 6.45) is 1.02. The van der Waals surface area contributed by atoms with Gasteiger partial charge in [0.25, 0.3) is 5.69 Å². The molecule has 1 atom stereocenters. The summed E-state index contributed by atoms with van der Waals surface area (Å²) in [5.41, 5.74) is 5.95. The molecule has 2 aromatic carbocycles. The van der Waals surface area contributed by atoms with E-state index >= 15 is 0 Å². The molecule has 2 aromatic rings. The van der Waals surface area contributed by atoms with Crippen LogP contribution in [0.3, 0.4) is 0 Å². The zero-order chi connectivity index (χ0) is 22.5. The Morgan fingerprint density at radius 3 is 2.71 bits per heavy atom. The van der Waals surface area contributed by atoms with Gasteiger partial charge in [-0.2, -0.15) is 5.10 Å². The van der Waals surface area contributed by atoms with Crippen molar-refractivity contribution in [3.05, 3.63) is 69.8 Å². The number of para-hydroxylation sites is 1. The second kappa shape index (κ2) is 9.17. The number of amides is 2. The third-order valence-electron chi connectivity index (χ3n) is 4.21. The van der Waals surface area contributed by atoms with Crippen molar-refractivity contribution in [1.82, 2.24) is 0 Å². The maximum Gasteiger partial charge on any atom is 0.335 e. The molecule has 0 unspecified atom stereocenters. The number of carbonyl (C=O) groups is 3. The van der Waals surface area contributed by atoms with E-state index in [0.717, 1.165) is 22.9 Å². The zero-order valence-electron chi connectivity index (χ0n) is 15.7. The van der Waals surface area contributed by atoms with Gasteiger partial charge in [-0.15, -0.1) is 5.10 Å². The number of imide groups is 1. The van der Waals surface area contributed by atoms with Gasteiger partial charge in [-0.05, 0) is 24.3 Å². The monoisotopic (exact) mass is 441 g/mol. The Hall–Kier alpha value is -4.06. The van der Waals surface area contributed by atoms with Crippen molar-refractivity contribution >= 4 is 52.3 Å². The van der Waals surface area contributed by atoms with Crippen molar-refractivity contribution < 1.29 is 24.4 Å². The van der Waals surface area contributed by atoms with Crippen LogP contribution in [-0.2, 0) is 9.59 Å². The molecule has 3 N–H and O–H groups in total. The number of carboxylic acids is 1. The van der Waals surface area contributed by atoms with E-state index in [-0.39, 0.29) is 34.1 Å². The number of anilines is 1. The molecule has 158 valence electrons. The molecule has 0 aliphatic carbocycles. The van der Waals surface area contributed by atoms with Crippen LogP contribution in [0, 0.1) is 10.1 Å². The smallest absolute Gasteiger partial charge is 0.335 e. The molecule has 11 nitrogen and oxygen atoms in total. The number of aromatic carboxylic acids is 1. The number of nitrogens with zero attached hydrogens (tertiary/aromatic N) is 4. The molecule has 2 amide bonds. The minimum absolute atomic E-state index is 0.0559. The van der Waals surface area contributed by atoms with Crippen molar-refractivity contribution in [2.75, 3.05) is 4.90 Å². The second-order valence-electron chi connectivity index (χ2n) is 6.23. The summed E-state index contributed by atoms with van der Waals surface area (Å²) < 4.78 is 0. The number of carboxylic acid groups (broad SMARTS) is 1. The Morgan fingerprint density at radius 1 is 1.26 bits per heavy atom. The van der Waals surface area contributed by atoms with Gasteiger partial charge in [-0.1, -0.05) is 30.0 Å².